The molecule has 0 radical (unpaired) electrons. The molecule has 1 unspecified atom stereocenters. The standard InChI is InChI=1S/C45H36N4O4S/c1-2-41(44(52)46-35-26-24-34(25-27-35)45-49-38-18-9-10-19-40(38)53-45)54-37-17-11-16-36(29-37)47-43(51)39(48-42(50)33-14-7-4-8-15-33)28-30-20-22-32(23-21-30)31-12-5-3-6-13-31/h3-29,41H,2H2,1H3,(H,46,52)(H,47,51)(H,48,50)/b39-28+. The normalized spacial score (nSPS) is 11.8. The molecular weight excluding hydrogens is 693 g/mol. The van der Waals surface area contributed by atoms with E-state index in [4.69, 9.17) is 4.42 Å². The van der Waals surface area contributed by atoms with Crippen molar-refractivity contribution in [2.75, 3.05) is 10.6 Å². The molecule has 1 aromatic heterocycles. The minimum atomic E-state index is -0.486. The summed E-state index contributed by atoms with van der Waals surface area (Å²) in [5.74, 6) is -0.514. The van der Waals surface area contributed by atoms with Gasteiger partial charge in [-0.1, -0.05) is 97.9 Å². The number of amides is 3. The summed E-state index contributed by atoms with van der Waals surface area (Å²) < 4.78 is 5.87. The first-order chi connectivity index (χ1) is 26.4. The molecule has 3 amide bonds. The predicted molar refractivity (Wildman–Crippen MR) is 217 cm³/mol. The number of nitrogens with one attached hydrogen (secondary N) is 3. The molecule has 0 saturated carbocycles. The van der Waals surface area contributed by atoms with E-state index in [1.807, 2.05) is 134 Å². The average molecular weight is 729 g/mol. The third-order valence-corrected chi connectivity index (χ3v) is 9.94. The molecule has 0 bridgehead atoms. The van der Waals surface area contributed by atoms with Crippen molar-refractivity contribution in [3.05, 3.63) is 175 Å². The minimum Gasteiger partial charge on any atom is -0.436 e. The molecule has 0 saturated heterocycles. The third kappa shape index (κ3) is 8.83. The molecule has 54 heavy (non-hydrogen) atoms. The zero-order valence-electron chi connectivity index (χ0n) is 29.4. The smallest absolute Gasteiger partial charge is 0.272 e. The summed E-state index contributed by atoms with van der Waals surface area (Å²) in [7, 11) is 0. The number of para-hydroxylation sites is 2. The molecule has 1 heterocycles. The van der Waals surface area contributed by atoms with Gasteiger partial charge in [0.05, 0.1) is 5.25 Å². The molecule has 266 valence electrons. The van der Waals surface area contributed by atoms with Gasteiger partial charge in [-0.2, -0.15) is 0 Å². The number of benzene rings is 6. The molecule has 0 spiro atoms. The van der Waals surface area contributed by atoms with Crippen LogP contribution in [0.15, 0.2) is 173 Å². The van der Waals surface area contributed by atoms with E-state index >= 15 is 0 Å². The van der Waals surface area contributed by atoms with Gasteiger partial charge in [0.15, 0.2) is 5.58 Å². The highest BCUT2D eigenvalue weighted by Gasteiger charge is 2.20. The van der Waals surface area contributed by atoms with E-state index in [-0.39, 0.29) is 11.6 Å². The second-order valence-corrected chi connectivity index (χ2v) is 13.7. The number of carbonyl (C=O) groups excluding carboxylic acids is 3. The lowest BCUT2D eigenvalue weighted by atomic mass is 10.0. The number of rotatable bonds is 12. The van der Waals surface area contributed by atoms with Crippen LogP contribution >= 0.6 is 11.8 Å². The van der Waals surface area contributed by atoms with Gasteiger partial charge in [-0.3, -0.25) is 14.4 Å². The van der Waals surface area contributed by atoms with E-state index < -0.39 is 17.1 Å². The van der Waals surface area contributed by atoms with Crippen LogP contribution in [0.1, 0.15) is 29.3 Å². The summed E-state index contributed by atoms with van der Waals surface area (Å²) in [6.45, 7) is 1.96. The highest BCUT2D eigenvalue weighted by molar-refractivity contribution is 8.00. The SMILES string of the molecule is CCC(Sc1cccc(NC(=O)/C(=C\c2ccc(-c3ccccc3)cc2)NC(=O)c2ccccc2)c1)C(=O)Nc1ccc(-c2nc3ccccc3o2)cc1. The number of hydrogen-bond donors (Lipinski definition) is 3. The summed E-state index contributed by atoms with van der Waals surface area (Å²) in [4.78, 5) is 45.7. The van der Waals surface area contributed by atoms with Gasteiger partial charge in [0, 0.05) is 27.4 Å². The average Bonchev–Trinajstić information content (AvgIpc) is 3.65. The number of fused-ring (bicyclic) bond motifs is 1. The van der Waals surface area contributed by atoms with E-state index in [1.165, 1.54) is 11.8 Å². The number of anilines is 2. The van der Waals surface area contributed by atoms with E-state index in [0.717, 1.165) is 32.7 Å². The molecule has 1 atom stereocenters. The zero-order valence-corrected chi connectivity index (χ0v) is 30.2. The molecule has 0 aliphatic rings. The molecular formula is C45H36N4O4S. The van der Waals surface area contributed by atoms with Crippen molar-refractivity contribution in [2.24, 2.45) is 0 Å². The Bertz CT molecular complexity index is 2390. The van der Waals surface area contributed by atoms with E-state index in [1.54, 1.807) is 36.4 Å². The molecule has 7 rings (SSSR count). The van der Waals surface area contributed by atoms with Gasteiger partial charge >= 0.3 is 0 Å². The Kier molecular flexibility index (Phi) is 11.1. The second-order valence-electron chi connectivity index (χ2n) is 12.4. The topological polar surface area (TPSA) is 113 Å². The number of hydrogen-bond acceptors (Lipinski definition) is 6. The van der Waals surface area contributed by atoms with Gasteiger partial charge < -0.3 is 20.4 Å². The molecule has 0 aliphatic heterocycles. The quantitative estimate of drug-likeness (QED) is 0.0853. The Morgan fingerprint density at radius 2 is 1.35 bits per heavy atom. The van der Waals surface area contributed by atoms with Crippen LogP contribution in [0.2, 0.25) is 0 Å². The van der Waals surface area contributed by atoms with Crippen molar-refractivity contribution in [2.45, 2.75) is 23.5 Å². The van der Waals surface area contributed by atoms with E-state index in [9.17, 15) is 14.4 Å². The van der Waals surface area contributed by atoms with Crippen LogP contribution in [-0.4, -0.2) is 28.0 Å². The van der Waals surface area contributed by atoms with Crippen molar-refractivity contribution in [3.63, 3.8) is 0 Å². The first-order valence-electron chi connectivity index (χ1n) is 17.5. The molecule has 0 aliphatic carbocycles. The first-order valence-corrected chi connectivity index (χ1v) is 18.4. The Balaban J connectivity index is 1.03. The fourth-order valence-electron chi connectivity index (χ4n) is 5.76. The number of nitrogens with zero attached hydrogens (tertiary/aromatic N) is 1. The van der Waals surface area contributed by atoms with Crippen LogP contribution in [0, 0.1) is 0 Å². The van der Waals surface area contributed by atoms with Crippen LogP contribution in [0.4, 0.5) is 11.4 Å². The Labute approximate surface area is 317 Å². The van der Waals surface area contributed by atoms with Crippen molar-refractivity contribution in [1.29, 1.82) is 0 Å². The van der Waals surface area contributed by atoms with Crippen LogP contribution in [-0.2, 0) is 9.59 Å². The summed E-state index contributed by atoms with van der Waals surface area (Å²) in [5, 5.41) is 8.36. The fourth-order valence-corrected chi connectivity index (χ4v) is 6.77. The van der Waals surface area contributed by atoms with Gasteiger partial charge in [-0.15, -0.1) is 11.8 Å². The minimum absolute atomic E-state index is 0.0855. The van der Waals surface area contributed by atoms with Gasteiger partial charge in [0.1, 0.15) is 11.2 Å². The first kappa shape index (κ1) is 35.7. The lowest BCUT2D eigenvalue weighted by molar-refractivity contribution is -0.116. The fraction of sp³-hybridized carbons (Fsp3) is 0.0667. The number of aromatic nitrogens is 1. The van der Waals surface area contributed by atoms with Crippen molar-refractivity contribution >= 4 is 58.0 Å². The highest BCUT2D eigenvalue weighted by Crippen LogP contribution is 2.30. The molecule has 8 nitrogen and oxygen atoms in total. The highest BCUT2D eigenvalue weighted by atomic mass is 32.2. The number of carbonyl (C=O) groups is 3. The van der Waals surface area contributed by atoms with E-state index in [2.05, 4.69) is 20.9 Å². The van der Waals surface area contributed by atoms with Gasteiger partial charge in [0.25, 0.3) is 11.8 Å². The Hall–Kier alpha value is -6.71. The van der Waals surface area contributed by atoms with Gasteiger partial charge in [-0.05, 0) is 95.9 Å². The largest absolute Gasteiger partial charge is 0.436 e. The Morgan fingerprint density at radius 1 is 0.685 bits per heavy atom. The van der Waals surface area contributed by atoms with E-state index in [0.29, 0.717) is 34.8 Å². The van der Waals surface area contributed by atoms with Crippen molar-refractivity contribution in [3.8, 4) is 22.6 Å². The lowest BCUT2D eigenvalue weighted by Gasteiger charge is -2.16. The van der Waals surface area contributed by atoms with Crippen molar-refractivity contribution < 1.29 is 18.8 Å². The molecule has 3 N–H and O–H groups in total. The van der Waals surface area contributed by atoms with Crippen LogP contribution in [0.3, 0.4) is 0 Å². The summed E-state index contributed by atoms with van der Waals surface area (Å²) in [6.07, 6.45) is 2.23. The Morgan fingerprint density at radius 3 is 2.07 bits per heavy atom. The van der Waals surface area contributed by atoms with Crippen LogP contribution in [0.5, 0.6) is 0 Å². The number of oxazole rings is 1. The van der Waals surface area contributed by atoms with Gasteiger partial charge in [0.2, 0.25) is 11.8 Å². The maximum absolute atomic E-state index is 13.8. The van der Waals surface area contributed by atoms with Crippen molar-refractivity contribution in [1.82, 2.24) is 10.3 Å². The number of thioether (sulfide) groups is 1. The lowest BCUT2D eigenvalue weighted by Crippen LogP contribution is -2.30. The van der Waals surface area contributed by atoms with Crippen LogP contribution in [0.25, 0.3) is 39.8 Å². The summed E-state index contributed by atoms with van der Waals surface area (Å²) in [6, 6.07) is 48.8. The van der Waals surface area contributed by atoms with Crippen LogP contribution < -0.4 is 16.0 Å². The summed E-state index contributed by atoms with van der Waals surface area (Å²) >= 11 is 1.41. The molecule has 6 aromatic carbocycles. The monoisotopic (exact) mass is 728 g/mol. The second kappa shape index (κ2) is 16.8. The molecule has 7 aromatic rings. The predicted octanol–water partition coefficient (Wildman–Crippen LogP) is 10.1. The maximum Gasteiger partial charge on any atom is 0.272 e. The molecule has 0 fully saturated rings. The molecule has 9 heteroatoms. The third-order valence-electron chi connectivity index (χ3n) is 8.58. The van der Waals surface area contributed by atoms with Gasteiger partial charge in [-0.25, -0.2) is 4.98 Å². The zero-order chi connectivity index (χ0) is 37.3. The summed E-state index contributed by atoms with van der Waals surface area (Å²) in [5.41, 5.74) is 6.87. The maximum atomic E-state index is 13.8.